The van der Waals surface area contributed by atoms with Crippen LogP contribution in [0.4, 0.5) is 0 Å². The Morgan fingerprint density at radius 1 is 1.86 bits per heavy atom. The Kier molecular flexibility index (Phi) is 3.26. The fraction of sp³-hybridized carbons (Fsp3) is 0.333. The summed E-state index contributed by atoms with van der Waals surface area (Å²) in [6.07, 6.45) is 6.42. The molecule has 0 aliphatic heterocycles. The number of hydrogen-bond donors (Lipinski definition) is 1. The van der Waals surface area contributed by atoms with Gasteiger partial charge in [0, 0.05) is 12.7 Å². The number of carbonyl (C=O) groups is 1. The standard InChI is InChI=1S/C9H11N3O2/c1-4-5-14-11-9(13)8-6-10-12(3)7(8)2/h1,6H,5H2,2-3H3,(H,11,13). The van der Waals surface area contributed by atoms with Crippen LogP contribution in [0.15, 0.2) is 6.20 Å². The first-order chi connectivity index (χ1) is 6.66. The minimum absolute atomic E-state index is 0.0467. The molecule has 14 heavy (non-hydrogen) atoms. The molecule has 0 radical (unpaired) electrons. The Balaban J connectivity index is 2.62. The lowest BCUT2D eigenvalue weighted by Crippen LogP contribution is -2.24. The van der Waals surface area contributed by atoms with E-state index in [0.29, 0.717) is 5.56 Å². The van der Waals surface area contributed by atoms with Crippen LogP contribution in [-0.2, 0) is 11.9 Å². The van der Waals surface area contributed by atoms with E-state index in [9.17, 15) is 4.79 Å². The number of aryl methyl sites for hydroxylation is 1. The SMILES string of the molecule is C#CCONC(=O)c1cnn(C)c1C. The highest BCUT2D eigenvalue weighted by Gasteiger charge is 2.11. The number of hydroxylamine groups is 1. The van der Waals surface area contributed by atoms with Gasteiger partial charge in [0.2, 0.25) is 0 Å². The first-order valence-corrected chi connectivity index (χ1v) is 4.01. The Labute approximate surface area is 82.0 Å². The predicted molar refractivity (Wildman–Crippen MR) is 50.2 cm³/mol. The summed E-state index contributed by atoms with van der Waals surface area (Å²) in [6, 6.07) is 0. The van der Waals surface area contributed by atoms with Gasteiger partial charge in [-0.25, -0.2) is 5.48 Å². The van der Waals surface area contributed by atoms with Gasteiger partial charge in [0.25, 0.3) is 5.91 Å². The zero-order valence-corrected chi connectivity index (χ0v) is 8.07. The van der Waals surface area contributed by atoms with Crippen LogP contribution in [-0.4, -0.2) is 22.3 Å². The molecule has 74 valence electrons. The third-order valence-electron chi connectivity index (χ3n) is 1.80. The van der Waals surface area contributed by atoms with Crippen molar-refractivity contribution >= 4 is 5.91 Å². The van der Waals surface area contributed by atoms with Crippen LogP contribution in [0.5, 0.6) is 0 Å². The van der Waals surface area contributed by atoms with Crippen molar-refractivity contribution in [1.29, 1.82) is 0 Å². The highest BCUT2D eigenvalue weighted by molar-refractivity contribution is 5.94. The lowest BCUT2D eigenvalue weighted by atomic mass is 10.2. The van der Waals surface area contributed by atoms with E-state index in [1.165, 1.54) is 6.20 Å². The van der Waals surface area contributed by atoms with Gasteiger partial charge in [-0.3, -0.25) is 14.3 Å². The van der Waals surface area contributed by atoms with Crippen molar-refractivity contribution in [1.82, 2.24) is 15.3 Å². The Morgan fingerprint density at radius 3 is 3.07 bits per heavy atom. The van der Waals surface area contributed by atoms with E-state index in [1.807, 2.05) is 0 Å². The van der Waals surface area contributed by atoms with Crippen molar-refractivity contribution < 1.29 is 9.63 Å². The van der Waals surface area contributed by atoms with Gasteiger partial charge in [-0.2, -0.15) is 5.10 Å². The first-order valence-electron chi connectivity index (χ1n) is 4.01. The molecule has 1 amide bonds. The quantitative estimate of drug-likeness (QED) is 0.418. The van der Waals surface area contributed by atoms with E-state index in [2.05, 4.69) is 16.5 Å². The Hall–Kier alpha value is -1.80. The van der Waals surface area contributed by atoms with Crippen molar-refractivity contribution in [2.75, 3.05) is 6.61 Å². The number of nitrogens with zero attached hydrogens (tertiary/aromatic N) is 2. The van der Waals surface area contributed by atoms with E-state index >= 15 is 0 Å². The van der Waals surface area contributed by atoms with Crippen LogP contribution in [0.3, 0.4) is 0 Å². The summed E-state index contributed by atoms with van der Waals surface area (Å²) in [7, 11) is 1.76. The van der Waals surface area contributed by atoms with Gasteiger partial charge in [-0.05, 0) is 6.92 Å². The zero-order chi connectivity index (χ0) is 10.6. The molecule has 0 aliphatic carbocycles. The largest absolute Gasteiger partial charge is 0.278 e. The second-order valence-electron chi connectivity index (χ2n) is 2.69. The van der Waals surface area contributed by atoms with Crippen LogP contribution in [0.25, 0.3) is 0 Å². The highest BCUT2D eigenvalue weighted by Crippen LogP contribution is 2.04. The molecule has 0 saturated heterocycles. The number of terminal acetylenes is 1. The molecule has 1 aromatic heterocycles. The summed E-state index contributed by atoms with van der Waals surface area (Å²) in [5.74, 6) is 1.89. The lowest BCUT2D eigenvalue weighted by Gasteiger charge is -2.02. The molecule has 0 unspecified atom stereocenters. The molecule has 5 heteroatoms. The second kappa shape index (κ2) is 4.44. The number of carbonyl (C=O) groups excluding carboxylic acids is 1. The van der Waals surface area contributed by atoms with E-state index < -0.39 is 0 Å². The van der Waals surface area contributed by atoms with Gasteiger partial charge < -0.3 is 0 Å². The van der Waals surface area contributed by atoms with Crippen molar-refractivity contribution in [3.8, 4) is 12.3 Å². The Bertz CT molecular complexity index is 376. The molecule has 1 rings (SSSR count). The van der Waals surface area contributed by atoms with Gasteiger partial charge in [0.1, 0.15) is 6.61 Å². The molecule has 1 N–H and O–H groups in total. The summed E-state index contributed by atoms with van der Waals surface area (Å²) in [5, 5.41) is 3.93. The minimum atomic E-state index is -0.342. The summed E-state index contributed by atoms with van der Waals surface area (Å²) in [6.45, 7) is 1.84. The maximum Gasteiger partial charge on any atom is 0.278 e. The molecule has 0 aromatic carbocycles. The predicted octanol–water partition coefficient (Wildman–Crippen LogP) is 0.0231. The van der Waals surface area contributed by atoms with E-state index in [0.717, 1.165) is 5.69 Å². The molecule has 1 heterocycles. The lowest BCUT2D eigenvalue weighted by molar-refractivity contribution is 0.0437. The van der Waals surface area contributed by atoms with Gasteiger partial charge >= 0.3 is 0 Å². The third-order valence-corrected chi connectivity index (χ3v) is 1.80. The number of nitrogens with one attached hydrogen (secondary N) is 1. The summed E-state index contributed by atoms with van der Waals surface area (Å²) in [5.41, 5.74) is 3.47. The molecule has 5 nitrogen and oxygen atoms in total. The number of amides is 1. The fourth-order valence-corrected chi connectivity index (χ4v) is 0.920. The topological polar surface area (TPSA) is 56.1 Å². The molecular weight excluding hydrogens is 182 g/mol. The van der Waals surface area contributed by atoms with E-state index in [4.69, 9.17) is 11.3 Å². The Morgan fingerprint density at radius 2 is 2.57 bits per heavy atom. The normalized spacial score (nSPS) is 9.50. The summed E-state index contributed by atoms with van der Waals surface area (Å²) in [4.78, 5) is 16.1. The average Bonchev–Trinajstić information content (AvgIpc) is 2.48. The maximum absolute atomic E-state index is 11.4. The number of rotatable bonds is 3. The molecule has 0 saturated carbocycles. The molecule has 1 aromatic rings. The minimum Gasteiger partial charge on any atom is -0.272 e. The van der Waals surface area contributed by atoms with Crippen molar-refractivity contribution in [3.63, 3.8) is 0 Å². The van der Waals surface area contributed by atoms with Crippen molar-refractivity contribution in [3.05, 3.63) is 17.5 Å². The summed E-state index contributed by atoms with van der Waals surface area (Å²) >= 11 is 0. The molecule has 0 atom stereocenters. The second-order valence-corrected chi connectivity index (χ2v) is 2.69. The fourth-order valence-electron chi connectivity index (χ4n) is 0.920. The smallest absolute Gasteiger partial charge is 0.272 e. The number of hydrogen-bond acceptors (Lipinski definition) is 3. The third kappa shape index (κ3) is 2.12. The first kappa shape index (κ1) is 10.3. The van der Waals surface area contributed by atoms with Gasteiger partial charge in [-0.15, -0.1) is 6.42 Å². The van der Waals surface area contributed by atoms with Crippen LogP contribution in [0.2, 0.25) is 0 Å². The van der Waals surface area contributed by atoms with Crippen LogP contribution in [0, 0.1) is 19.3 Å². The van der Waals surface area contributed by atoms with Crippen molar-refractivity contribution in [2.24, 2.45) is 7.05 Å². The van der Waals surface area contributed by atoms with Gasteiger partial charge in [0.15, 0.2) is 0 Å². The molecule has 0 aliphatic rings. The monoisotopic (exact) mass is 193 g/mol. The zero-order valence-electron chi connectivity index (χ0n) is 8.07. The molecule has 0 fully saturated rings. The highest BCUT2D eigenvalue weighted by atomic mass is 16.6. The van der Waals surface area contributed by atoms with E-state index in [-0.39, 0.29) is 12.5 Å². The van der Waals surface area contributed by atoms with Crippen LogP contribution in [0.1, 0.15) is 16.1 Å². The van der Waals surface area contributed by atoms with E-state index in [1.54, 1.807) is 18.7 Å². The molecule has 0 bridgehead atoms. The number of aromatic nitrogens is 2. The molecule has 0 spiro atoms. The average molecular weight is 193 g/mol. The van der Waals surface area contributed by atoms with Crippen LogP contribution >= 0.6 is 0 Å². The van der Waals surface area contributed by atoms with Crippen molar-refractivity contribution in [2.45, 2.75) is 6.92 Å². The summed E-state index contributed by atoms with van der Waals surface area (Å²) < 4.78 is 1.61. The maximum atomic E-state index is 11.4. The van der Waals surface area contributed by atoms with Gasteiger partial charge in [0.05, 0.1) is 11.8 Å². The van der Waals surface area contributed by atoms with Gasteiger partial charge in [-0.1, -0.05) is 5.92 Å². The molecular formula is C9H11N3O2. The van der Waals surface area contributed by atoms with Crippen LogP contribution < -0.4 is 5.48 Å².